The molecule has 8 nitrogen and oxygen atoms in total. The lowest BCUT2D eigenvalue weighted by Gasteiger charge is -2.64. The van der Waals surface area contributed by atoms with Gasteiger partial charge in [-0.25, -0.2) is 4.79 Å². The van der Waals surface area contributed by atoms with Gasteiger partial charge in [0.1, 0.15) is 12.2 Å². The van der Waals surface area contributed by atoms with E-state index < -0.39 is 11.7 Å². The summed E-state index contributed by atoms with van der Waals surface area (Å²) in [6.07, 6.45) is 8.64. The van der Waals surface area contributed by atoms with Gasteiger partial charge in [0.05, 0.1) is 17.8 Å². The minimum Gasteiger partial charge on any atom is -0.446 e. The molecule has 0 aromatic heterocycles. The van der Waals surface area contributed by atoms with Crippen molar-refractivity contribution in [2.24, 2.45) is 50.7 Å². The number of rotatable bonds is 10. The first kappa shape index (κ1) is 37.8. The Kier molecular flexibility index (Phi) is 9.94. The Hall–Kier alpha value is -0.930. The topological polar surface area (TPSA) is 91.7 Å². The van der Waals surface area contributed by atoms with Crippen molar-refractivity contribution in [3.05, 3.63) is 0 Å². The van der Waals surface area contributed by atoms with Crippen LogP contribution in [-0.2, 0) is 14.2 Å². The molecule has 1 saturated heterocycles. The van der Waals surface area contributed by atoms with Gasteiger partial charge in [0.25, 0.3) is 0 Å². The minimum absolute atomic E-state index is 0.0361. The number of amides is 1. The second kappa shape index (κ2) is 12.9. The summed E-state index contributed by atoms with van der Waals surface area (Å²) in [5.41, 5.74) is -0.580. The normalized spacial score (nSPS) is 43.6. The molecule has 5 saturated carbocycles. The smallest absolute Gasteiger partial charge is 0.410 e. The average molecular weight is 689 g/mol. The summed E-state index contributed by atoms with van der Waals surface area (Å²) < 4.78 is 18.5. The fourth-order valence-corrected chi connectivity index (χ4v) is 13.9. The number of methoxy groups -OCH3 is 1. The number of hydrogen-bond donors (Lipinski definition) is 2. The van der Waals surface area contributed by atoms with Crippen molar-refractivity contribution in [3.8, 4) is 0 Å². The first-order valence-electron chi connectivity index (χ1n) is 20.1. The molecule has 0 aromatic rings. The molecule has 2 spiro atoms. The molecular formula is C41H72N2O6. The van der Waals surface area contributed by atoms with Crippen molar-refractivity contribution in [1.29, 1.82) is 0 Å². The summed E-state index contributed by atoms with van der Waals surface area (Å²) in [5.74, 6) is 1.77. The van der Waals surface area contributed by atoms with Crippen LogP contribution >= 0.6 is 0 Å². The molecule has 8 heteroatoms. The van der Waals surface area contributed by atoms with E-state index in [1.54, 1.807) is 7.11 Å². The molecule has 3 unspecified atom stereocenters. The third kappa shape index (κ3) is 5.65. The Morgan fingerprint density at radius 2 is 1.57 bits per heavy atom. The van der Waals surface area contributed by atoms with E-state index in [1.807, 2.05) is 25.7 Å². The van der Waals surface area contributed by atoms with E-state index in [0.29, 0.717) is 47.2 Å². The van der Waals surface area contributed by atoms with Gasteiger partial charge in [-0.05, 0) is 132 Å². The van der Waals surface area contributed by atoms with Crippen molar-refractivity contribution in [2.75, 3.05) is 39.9 Å². The summed E-state index contributed by atoms with van der Waals surface area (Å²) in [4.78, 5) is 17.8. The largest absolute Gasteiger partial charge is 0.446 e. The van der Waals surface area contributed by atoms with Crippen LogP contribution in [0.25, 0.3) is 0 Å². The summed E-state index contributed by atoms with van der Waals surface area (Å²) in [7, 11) is 1.74. The molecule has 6 fully saturated rings. The predicted octanol–water partition coefficient (Wildman–Crippen LogP) is 7.14. The second-order valence-corrected chi connectivity index (χ2v) is 19.6. The van der Waals surface area contributed by atoms with Crippen molar-refractivity contribution < 1.29 is 29.2 Å². The summed E-state index contributed by atoms with van der Waals surface area (Å²) >= 11 is 0. The molecule has 6 aliphatic rings. The number of nitrogens with zero attached hydrogens (tertiary/aromatic N) is 2. The van der Waals surface area contributed by atoms with Crippen molar-refractivity contribution in [1.82, 2.24) is 9.80 Å². The van der Waals surface area contributed by atoms with Gasteiger partial charge >= 0.3 is 6.09 Å². The first-order chi connectivity index (χ1) is 22.8. The zero-order valence-electron chi connectivity index (χ0n) is 33.0. The predicted molar refractivity (Wildman–Crippen MR) is 193 cm³/mol. The van der Waals surface area contributed by atoms with Gasteiger partial charge in [-0.1, -0.05) is 34.6 Å². The van der Waals surface area contributed by atoms with Crippen LogP contribution in [0.3, 0.4) is 0 Å². The number of piperazine rings is 1. The fraction of sp³-hybridized carbons (Fsp3) is 0.976. The molecular weight excluding hydrogens is 616 g/mol. The quantitative estimate of drug-likeness (QED) is 0.252. The Bertz CT molecular complexity index is 1210. The summed E-state index contributed by atoms with van der Waals surface area (Å²) in [5, 5.41) is 23.2. The van der Waals surface area contributed by atoms with Gasteiger partial charge < -0.3 is 29.3 Å². The molecule has 1 aliphatic heterocycles. The van der Waals surface area contributed by atoms with Gasteiger partial charge in [0, 0.05) is 56.8 Å². The molecule has 6 rings (SSSR count). The van der Waals surface area contributed by atoms with Crippen LogP contribution in [0.2, 0.25) is 0 Å². The number of aliphatic hydroxyl groups excluding tert-OH is 1. The monoisotopic (exact) mass is 689 g/mol. The lowest BCUT2D eigenvalue weighted by atomic mass is 9.41. The van der Waals surface area contributed by atoms with Crippen molar-refractivity contribution in [3.63, 3.8) is 0 Å². The highest BCUT2D eigenvalue weighted by atomic mass is 16.6. The van der Waals surface area contributed by atoms with Crippen molar-refractivity contribution in [2.45, 2.75) is 163 Å². The zero-order valence-corrected chi connectivity index (χ0v) is 33.0. The number of hydrogen-bond acceptors (Lipinski definition) is 7. The van der Waals surface area contributed by atoms with E-state index in [1.165, 1.54) is 12.8 Å². The summed E-state index contributed by atoms with van der Waals surface area (Å²) in [6, 6.07) is 0.508. The Balaban J connectivity index is 1.17. The summed E-state index contributed by atoms with van der Waals surface area (Å²) in [6.45, 7) is 26.0. The molecule has 1 amide bonds. The minimum atomic E-state index is -1.01. The molecule has 5 aliphatic carbocycles. The maximum atomic E-state index is 13.5. The van der Waals surface area contributed by atoms with E-state index in [2.05, 4.69) is 53.4 Å². The van der Waals surface area contributed by atoms with Gasteiger partial charge in [0.2, 0.25) is 0 Å². The standard InChI is InChI=1S/C41H72N2O6/c1-12-48-34(37(7,8)46)29(47-11)23-27(4)28-24-32(44)39(10)31-14-13-30-36(5,6)33(49-35(45)43-21-19-42(20-22-43)26(2)3)15-16-40(30)25-41(31,40)18-17-38(28,39)9/h26-34,44,46H,12-25H2,1-11H3/t27-,28-,29?,30+,31?,32+,33+,34+,38-,39-,40-,41?/m1/s1. The number of carbonyl (C=O) groups excluding carboxylic acids is 1. The van der Waals surface area contributed by atoms with Crippen molar-refractivity contribution >= 4 is 6.09 Å². The Morgan fingerprint density at radius 1 is 0.939 bits per heavy atom. The molecule has 0 aromatic carbocycles. The Morgan fingerprint density at radius 3 is 2.16 bits per heavy atom. The zero-order chi connectivity index (χ0) is 35.9. The van der Waals surface area contributed by atoms with Gasteiger partial charge in [-0.2, -0.15) is 0 Å². The van der Waals surface area contributed by atoms with Crippen LogP contribution in [0.4, 0.5) is 4.79 Å². The van der Waals surface area contributed by atoms with Crippen LogP contribution in [0, 0.1) is 50.7 Å². The van der Waals surface area contributed by atoms with E-state index in [9.17, 15) is 15.0 Å². The van der Waals surface area contributed by atoms with E-state index >= 15 is 0 Å². The number of carbonyl (C=O) groups is 1. The maximum absolute atomic E-state index is 13.5. The highest BCUT2D eigenvalue weighted by molar-refractivity contribution is 5.68. The third-order valence-electron chi connectivity index (χ3n) is 16.7. The lowest BCUT2D eigenvalue weighted by molar-refractivity contribution is -0.184. The number of fused-ring (bicyclic) bond motifs is 2. The van der Waals surface area contributed by atoms with E-state index in [0.717, 1.165) is 71.1 Å². The molecule has 282 valence electrons. The highest BCUT2D eigenvalue weighted by Crippen LogP contribution is 2.89. The van der Waals surface area contributed by atoms with Crippen LogP contribution < -0.4 is 0 Å². The fourth-order valence-electron chi connectivity index (χ4n) is 13.9. The number of ether oxygens (including phenoxy) is 3. The SMILES string of the molecule is CCO[C@@H](C(C[C@@H](C)[C@H]1C[C@H](O)[C@@]2(C)C3CC[C@H]4C(C)(C)[C@@H](OC(=O)N5CCN(C(C)C)CC5)CC[C@@]45CC35CC[C@]12C)OC)C(C)(C)O. The Labute approximate surface area is 298 Å². The van der Waals surface area contributed by atoms with E-state index in [-0.39, 0.29) is 40.7 Å². The molecule has 49 heavy (non-hydrogen) atoms. The maximum Gasteiger partial charge on any atom is 0.410 e. The molecule has 12 atom stereocenters. The third-order valence-corrected chi connectivity index (χ3v) is 16.7. The van der Waals surface area contributed by atoms with Crippen LogP contribution in [0.5, 0.6) is 0 Å². The highest BCUT2D eigenvalue weighted by Gasteiger charge is 2.83. The lowest BCUT2D eigenvalue weighted by Crippen LogP contribution is -2.60. The first-order valence-corrected chi connectivity index (χ1v) is 20.1. The van der Waals surface area contributed by atoms with Crippen LogP contribution in [-0.4, -0.2) is 102 Å². The van der Waals surface area contributed by atoms with Crippen LogP contribution in [0.15, 0.2) is 0 Å². The van der Waals surface area contributed by atoms with Gasteiger partial charge in [-0.3, -0.25) is 4.90 Å². The van der Waals surface area contributed by atoms with Crippen LogP contribution in [0.1, 0.15) is 127 Å². The molecule has 0 bridgehead atoms. The molecule has 0 radical (unpaired) electrons. The average Bonchev–Trinajstić information content (AvgIpc) is 3.66. The van der Waals surface area contributed by atoms with Gasteiger partial charge in [-0.15, -0.1) is 0 Å². The molecule has 2 N–H and O–H groups in total. The van der Waals surface area contributed by atoms with E-state index in [4.69, 9.17) is 14.2 Å². The van der Waals surface area contributed by atoms with Gasteiger partial charge in [0.15, 0.2) is 0 Å². The second-order valence-electron chi connectivity index (χ2n) is 19.6. The number of aliphatic hydroxyl groups is 2. The molecule has 1 heterocycles.